The number of ether oxygens (including phenoxy) is 1. The number of nitrogens with zero attached hydrogens (tertiary/aromatic N) is 6. The lowest BCUT2D eigenvalue weighted by molar-refractivity contribution is -0.129. The monoisotopic (exact) mass is 670 g/mol. The van der Waals surface area contributed by atoms with Crippen LogP contribution in [0.4, 0.5) is 8.78 Å². The molecule has 0 bridgehead atoms. The fourth-order valence-electron chi connectivity index (χ4n) is 6.92. The van der Waals surface area contributed by atoms with Crippen molar-refractivity contribution in [3.05, 3.63) is 83.1 Å². The highest BCUT2D eigenvalue weighted by atomic mass is 32.1. The summed E-state index contributed by atoms with van der Waals surface area (Å²) in [5.74, 6) is -1.85. The van der Waals surface area contributed by atoms with E-state index in [4.69, 9.17) is 19.8 Å². The molecule has 2 aliphatic rings. The van der Waals surface area contributed by atoms with Crippen molar-refractivity contribution in [3.63, 3.8) is 0 Å². The van der Waals surface area contributed by atoms with E-state index in [0.29, 0.717) is 33.9 Å². The molecule has 3 atom stereocenters. The van der Waals surface area contributed by atoms with Crippen molar-refractivity contribution in [2.24, 2.45) is 0 Å². The number of hydrogen-bond donors (Lipinski definition) is 1. The largest absolute Gasteiger partial charge is 0.490 e. The molecule has 2 aliphatic heterocycles. The fraction of sp³-hybridized carbons (Fsp3) is 0.333. The van der Waals surface area contributed by atoms with Crippen LogP contribution in [0.1, 0.15) is 55.8 Å². The maximum atomic E-state index is 16.1. The number of aliphatic hydroxyl groups is 1. The first kappa shape index (κ1) is 32.0. The van der Waals surface area contributed by atoms with E-state index in [1.807, 2.05) is 42.2 Å². The molecule has 12 heteroatoms. The van der Waals surface area contributed by atoms with Crippen LogP contribution in [0, 0.1) is 11.6 Å². The lowest BCUT2D eigenvalue weighted by Gasteiger charge is -2.36. The van der Waals surface area contributed by atoms with Crippen molar-refractivity contribution in [1.29, 1.82) is 0 Å². The van der Waals surface area contributed by atoms with Gasteiger partial charge in [0, 0.05) is 70.8 Å². The molecular weight excluding hydrogens is 634 g/mol. The number of carbonyl (C=O) groups is 1. The van der Waals surface area contributed by atoms with Gasteiger partial charge in [-0.2, -0.15) is 5.10 Å². The summed E-state index contributed by atoms with van der Waals surface area (Å²) in [5.41, 5.74) is 5.75. The lowest BCUT2D eigenvalue weighted by Crippen LogP contribution is -2.42. The number of likely N-dealkylation sites (N-methyl/N-ethyl adjacent to an activating group) is 1. The molecule has 0 fully saturated rings. The highest BCUT2D eigenvalue weighted by Gasteiger charge is 2.34. The average Bonchev–Trinajstić information content (AvgIpc) is 3.75. The second-order valence-electron chi connectivity index (χ2n) is 12.5. The molecule has 0 saturated carbocycles. The minimum Gasteiger partial charge on any atom is -0.490 e. The third kappa shape index (κ3) is 5.28. The van der Waals surface area contributed by atoms with E-state index in [1.165, 1.54) is 17.4 Å². The van der Waals surface area contributed by atoms with Crippen LogP contribution in [-0.4, -0.2) is 73.9 Å². The maximum absolute atomic E-state index is 16.1. The van der Waals surface area contributed by atoms with E-state index in [9.17, 15) is 14.3 Å². The molecule has 0 saturated heterocycles. The zero-order valence-electron chi connectivity index (χ0n) is 27.2. The predicted octanol–water partition coefficient (Wildman–Crippen LogP) is 6.74. The number of hydrogen-bond acceptors (Lipinski definition) is 8. The molecule has 0 aliphatic carbocycles. The number of pyridine rings is 2. The first-order valence-electron chi connectivity index (χ1n) is 16.0. The van der Waals surface area contributed by atoms with Crippen LogP contribution >= 0.6 is 11.3 Å². The maximum Gasteiger partial charge on any atom is 0.246 e. The van der Waals surface area contributed by atoms with Gasteiger partial charge in [0.1, 0.15) is 35.4 Å². The van der Waals surface area contributed by atoms with Crippen LogP contribution in [0.3, 0.4) is 0 Å². The molecule has 48 heavy (non-hydrogen) atoms. The summed E-state index contributed by atoms with van der Waals surface area (Å²) in [7, 11) is 2.10. The minimum atomic E-state index is -0.825. The zero-order chi connectivity index (χ0) is 33.9. The van der Waals surface area contributed by atoms with Gasteiger partial charge in [-0.3, -0.25) is 19.4 Å². The predicted molar refractivity (Wildman–Crippen MR) is 182 cm³/mol. The Balaban J connectivity index is 1.51. The quantitative estimate of drug-likeness (QED) is 0.192. The number of thiophene rings is 1. The SMILES string of the molecule is C=CC(=O)N1CC(C)n2nc(-c3nc(-c4cnc5c(c4)C(C)N(C)CC5)c4ccsc4c3-c3c(F)cc(F)cc3OCCO)cc2C1C. The van der Waals surface area contributed by atoms with Crippen LogP contribution in [-0.2, 0) is 11.2 Å². The molecule has 9 nitrogen and oxygen atoms in total. The van der Waals surface area contributed by atoms with E-state index in [1.54, 1.807) is 4.90 Å². The molecule has 1 aromatic carbocycles. The number of rotatable bonds is 7. The molecule has 5 aromatic rings. The molecule has 3 unspecified atom stereocenters. The molecule has 1 amide bonds. The van der Waals surface area contributed by atoms with E-state index < -0.39 is 11.6 Å². The Morgan fingerprint density at radius 1 is 1.15 bits per heavy atom. The molecule has 248 valence electrons. The van der Waals surface area contributed by atoms with Crippen molar-refractivity contribution in [3.8, 4) is 39.5 Å². The third-order valence-corrected chi connectivity index (χ3v) is 10.5. The Labute approximate surface area is 281 Å². The number of aromatic nitrogens is 4. The Morgan fingerprint density at radius 2 is 1.96 bits per heavy atom. The van der Waals surface area contributed by atoms with Crippen molar-refractivity contribution in [1.82, 2.24) is 29.5 Å². The van der Waals surface area contributed by atoms with Crippen molar-refractivity contribution in [2.75, 3.05) is 33.4 Å². The van der Waals surface area contributed by atoms with E-state index >= 15 is 4.39 Å². The van der Waals surface area contributed by atoms with Gasteiger partial charge in [-0.1, -0.05) is 6.58 Å². The summed E-state index contributed by atoms with van der Waals surface area (Å²) < 4.78 is 39.0. The molecule has 0 spiro atoms. The van der Waals surface area contributed by atoms with Crippen LogP contribution in [0.2, 0.25) is 0 Å². The van der Waals surface area contributed by atoms with Gasteiger partial charge in [0.05, 0.1) is 35.6 Å². The van der Waals surface area contributed by atoms with E-state index in [0.717, 1.165) is 53.0 Å². The molecule has 7 rings (SSSR count). The number of benzene rings is 1. The van der Waals surface area contributed by atoms with Gasteiger partial charge >= 0.3 is 0 Å². The number of aliphatic hydroxyl groups excluding tert-OH is 1. The Morgan fingerprint density at radius 3 is 2.73 bits per heavy atom. The Kier molecular flexibility index (Phi) is 8.34. The smallest absolute Gasteiger partial charge is 0.246 e. The van der Waals surface area contributed by atoms with Gasteiger partial charge in [-0.05, 0) is 63.0 Å². The van der Waals surface area contributed by atoms with Crippen LogP contribution in [0.5, 0.6) is 5.75 Å². The van der Waals surface area contributed by atoms with Gasteiger partial charge in [0.15, 0.2) is 0 Å². The molecule has 0 radical (unpaired) electrons. The number of amides is 1. The second kappa shape index (κ2) is 12.5. The number of fused-ring (bicyclic) bond motifs is 3. The highest BCUT2D eigenvalue weighted by Crippen LogP contribution is 2.48. The molecular formula is C36H36F2N6O3S. The standard InChI is InChI=1S/C36H36F2N6O3S/c1-6-31(46)43-18-19(2)44-29(21(43)4)16-28(41-44)35-33(32-26(38)14-23(37)15-30(32)47-11-10-45)36-24(8-12-48-36)34(40-35)22-13-25-20(3)42(5)9-7-27(25)39-17-22/h6,8,12-17,19-21,45H,1,7,9-11,18H2,2-5H3. The van der Waals surface area contributed by atoms with E-state index in [2.05, 4.69) is 31.5 Å². The Hall–Kier alpha value is -4.52. The molecule has 1 N–H and O–H groups in total. The first-order valence-corrected chi connectivity index (χ1v) is 16.9. The summed E-state index contributed by atoms with van der Waals surface area (Å²) >= 11 is 1.41. The van der Waals surface area contributed by atoms with Gasteiger partial charge < -0.3 is 14.7 Å². The van der Waals surface area contributed by atoms with Gasteiger partial charge in [-0.25, -0.2) is 13.8 Å². The van der Waals surface area contributed by atoms with Gasteiger partial charge in [-0.15, -0.1) is 11.3 Å². The fourth-order valence-corrected chi connectivity index (χ4v) is 7.86. The number of carbonyl (C=O) groups excluding carboxylic acids is 1. The summed E-state index contributed by atoms with van der Waals surface area (Å²) in [6, 6.07) is 7.62. The normalized spacial score (nSPS) is 19.3. The van der Waals surface area contributed by atoms with Gasteiger partial charge in [0.25, 0.3) is 0 Å². The van der Waals surface area contributed by atoms with Crippen LogP contribution in [0.15, 0.2) is 54.6 Å². The Bertz CT molecular complexity index is 2080. The molecule has 4 aromatic heterocycles. The minimum absolute atomic E-state index is 0.0284. The van der Waals surface area contributed by atoms with Crippen molar-refractivity contribution in [2.45, 2.75) is 45.3 Å². The highest BCUT2D eigenvalue weighted by molar-refractivity contribution is 7.18. The zero-order valence-corrected chi connectivity index (χ0v) is 28.0. The number of halogens is 2. The summed E-state index contributed by atoms with van der Waals surface area (Å²) in [4.78, 5) is 26.9. The van der Waals surface area contributed by atoms with Gasteiger partial charge in [0.2, 0.25) is 5.91 Å². The topological polar surface area (TPSA) is 96.6 Å². The summed E-state index contributed by atoms with van der Waals surface area (Å²) in [6.07, 6.45) is 4.00. The van der Waals surface area contributed by atoms with Crippen molar-refractivity contribution >= 4 is 27.3 Å². The average molecular weight is 671 g/mol. The summed E-state index contributed by atoms with van der Waals surface area (Å²) in [5, 5.41) is 17.2. The van der Waals surface area contributed by atoms with Crippen LogP contribution < -0.4 is 4.74 Å². The summed E-state index contributed by atoms with van der Waals surface area (Å²) in [6.45, 7) is 10.6. The van der Waals surface area contributed by atoms with Crippen LogP contribution in [0.25, 0.3) is 43.9 Å². The lowest BCUT2D eigenvalue weighted by atomic mass is 9.94. The molecule has 6 heterocycles. The third-order valence-electron chi connectivity index (χ3n) is 9.55. The van der Waals surface area contributed by atoms with Crippen molar-refractivity contribution < 1.29 is 23.4 Å². The van der Waals surface area contributed by atoms with E-state index in [-0.39, 0.29) is 48.6 Å². The first-order chi connectivity index (χ1) is 23.1. The second-order valence-corrected chi connectivity index (χ2v) is 13.4.